The van der Waals surface area contributed by atoms with E-state index in [4.69, 9.17) is 0 Å². The Labute approximate surface area is 124 Å². The van der Waals surface area contributed by atoms with Gasteiger partial charge in [-0.1, -0.05) is 13.8 Å². The molecule has 0 aromatic carbocycles. The number of aryl methyl sites for hydroxylation is 2. The average molecular weight is 293 g/mol. The third kappa shape index (κ3) is 3.53. The van der Waals surface area contributed by atoms with E-state index in [1.165, 1.54) is 0 Å². The van der Waals surface area contributed by atoms with E-state index in [1.54, 1.807) is 15.6 Å². The van der Waals surface area contributed by atoms with Crippen LogP contribution in [0.4, 0.5) is 10.6 Å². The maximum atomic E-state index is 12.4. The Morgan fingerprint density at radius 3 is 2.86 bits per heavy atom. The number of rotatable bonds is 3. The van der Waals surface area contributed by atoms with Crippen LogP contribution < -0.4 is 10.6 Å². The van der Waals surface area contributed by atoms with Gasteiger partial charge in [0, 0.05) is 31.9 Å². The van der Waals surface area contributed by atoms with Crippen LogP contribution in [0.2, 0.25) is 0 Å². The predicted molar refractivity (Wildman–Crippen MR) is 79.9 cm³/mol. The minimum absolute atomic E-state index is 0.0812. The average Bonchev–Trinajstić information content (AvgIpc) is 2.70. The lowest BCUT2D eigenvalue weighted by Gasteiger charge is -2.35. The van der Waals surface area contributed by atoms with Crippen molar-refractivity contribution in [1.82, 2.24) is 20.0 Å². The normalized spacial score (nSPS) is 18.8. The SMILES string of the molecule is Cc1cc(NC(=O)N2CCNC(=O)[C@H]2CC(C)C)nn1C. The van der Waals surface area contributed by atoms with Crippen molar-refractivity contribution in [2.24, 2.45) is 13.0 Å². The fourth-order valence-electron chi connectivity index (χ4n) is 2.44. The Morgan fingerprint density at radius 2 is 2.29 bits per heavy atom. The lowest BCUT2D eigenvalue weighted by molar-refractivity contribution is -0.128. The van der Waals surface area contributed by atoms with Crippen LogP contribution in [0, 0.1) is 12.8 Å². The highest BCUT2D eigenvalue weighted by Crippen LogP contribution is 2.16. The second kappa shape index (κ2) is 6.15. The molecule has 2 rings (SSSR count). The third-order valence-corrected chi connectivity index (χ3v) is 3.64. The van der Waals surface area contributed by atoms with Crippen LogP contribution in [0.3, 0.4) is 0 Å². The van der Waals surface area contributed by atoms with Crippen molar-refractivity contribution in [3.05, 3.63) is 11.8 Å². The van der Waals surface area contributed by atoms with Crippen molar-refractivity contribution >= 4 is 17.8 Å². The quantitative estimate of drug-likeness (QED) is 0.876. The van der Waals surface area contributed by atoms with Gasteiger partial charge in [-0.15, -0.1) is 0 Å². The van der Waals surface area contributed by atoms with Gasteiger partial charge in [-0.2, -0.15) is 5.10 Å². The molecule has 3 amide bonds. The molecule has 1 atom stereocenters. The first-order chi connectivity index (χ1) is 9.88. The van der Waals surface area contributed by atoms with Crippen molar-refractivity contribution in [2.75, 3.05) is 18.4 Å². The van der Waals surface area contributed by atoms with E-state index in [-0.39, 0.29) is 11.9 Å². The van der Waals surface area contributed by atoms with Gasteiger partial charge in [0.2, 0.25) is 5.91 Å². The van der Waals surface area contributed by atoms with Gasteiger partial charge in [0.1, 0.15) is 6.04 Å². The molecule has 1 aromatic rings. The number of nitrogens with one attached hydrogen (secondary N) is 2. The Hall–Kier alpha value is -2.05. The van der Waals surface area contributed by atoms with Crippen LogP contribution in [-0.4, -0.2) is 45.8 Å². The van der Waals surface area contributed by atoms with Crippen molar-refractivity contribution in [3.63, 3.8) is 0 Å². The number of piperazine rings is 1. The van der Waals surface area contributed by atoms with Crippen LogP contribution in [0.1, 0.15) is 26.0 Å². The molecule has 7 nitrogen and oxygen atoms in total. The minimum Gasteiger partial charge on any atom is -0.353 e. The number of carbonyl (C=O) groups excluding carboxylic acids is 2. The fraction of sp³-hybridized carbons (Fsp3) is 0.643. The zero-order valence-corrected chi connectivity index (χ0v) is 13.0. The molecule has 1 aliphatic heterocycles. The first-order valence-corrected chi connectivity index (χ1v) is 7.24. The highest BCUT2D eigenvalue weighted by Gasteiger charge is 2.33. The second-order valence-electron chi connectivity index (χ2n) is 5.85. The summed E-state index contributed by atoms with van der Waals surface area (Å²) >= 11 is 0. The van der Waals surface area contributed by atoms with Gasteiger partial charge in [-0.05, 0) is 19.3 Å². The number of hydrogen-bond donors (Lipinski definition) is 2. The Kier molecular flexibility index (Phi) is 4.50. The molecule has 0 radical (unpaired) electrons. The standard InChI is InChI=1S/C14H23N5O2/c1-9(2)7-11-13(20)15-5-6-19(11)14(21)16-12-8-10(3)18(4)17-12/h8-9,11H,5-7H2,1-4H3,(H,15,20)(H,16,17,21)/t11-/m1/s1. The summed E-state index contributed by atoms with van der Waals surface area (Å²) in [6.45, 7) is 7.00. The van der Waals surface area contributed by atoms with Crippen molar-refractivity contribution in [3.8, 4) is 0 Å². The molecule has 1 aromatic heterocycles. The molecule has 0 aliphatic carbocycles. The lowest BCUT2D eigenvalue weighted by Crippen LogP contribution is -2.58. The number of aromatic nitrogens is 2. The van der Waals surface area contributed by atoms with Crippen molar-refractivity contribution in [2.45, 2.75) is 33.2 Å². The smallest absolute Gasteiger partial charge is 0.323 e. The van der Waals surface area contributed by atoms with Crippen LogP contribution in [0.15, 0.2) is 6.07 Å². The molecule has 1 fully saturated rings. The summed E-state index contributed by atoms with van der Waals surface area (Å²) in [4.78, 5) is 26.0. The number of hydrogen-bond acceptors (Lipinski definition) is 3. The topological polar surface area (TPSA) is 79.3 Å². The molecular formula is C14H23N5O2. The summed E-state index contributed by atoms with van der Waals surface area (Å²) < 4.78 is 1.70. The molecule has 2 heterocycles. The van der Waals surface area contributed by atoms with Gasteiger partial charge in [-0.25, -0.2) is 4.79 Å². The maximum absolute atomic E-state index is 12.4. The number of nitrogens with zero attached hydrogens (tertiary/aromatic N) is 3. The van der Waals surface area contributed by atoms with Crippen molar-refractivity contribution in [1.29, 1.82) is 0 Å². The number of anilines is 1. The molecule has 2 N–H and O–H groups in total. The van der Waals surface area contributed by atoms with Gasteiger partial charge in [0.25, 0.3) is 0 Å². The molecule has 1 aliphatic rings. The molecule has 0 saturated carbocycles. The van der Waals surface area contributed by atoms with E-state index < -0.39 is 6.04 Å². The first kappa shape index (κ1) is 15.3. The minimum atomic E-state index is -0.413. The van der Waals surface area contributed by atoms with E-state index >= 15 is 0 Å². The van der Waals surface area contributed by atoms with Gasteiger partial charge >= 0.3 is 6.03 Å². The molecule has 0 unspecified atom stereocenters. The van der Waals surface area contributed by atoms with E-state index in [1.807, 2.05) is 27.8 Å². The monoisotopic (exact) mass is 293 g/mol. The first-order valence-electron chi connectivity index (χ1n) is 7.24. The Morgan fingerprint density at radius 1 is 1.57 bits per heavy atom. The molecule has 0 spiro atoms. The summed E-state index contributed by atoms with van der Waals surface area (Å²) in [5.41, 5.74) is 0.959. The number of urea groups is 1. The van der Waals surface area contributed by atoms with E-state index in [0.29, 0.717) is 31.2 Å². The van der Waals surface area contributed by atoms with E-state index in [0.717, 1.165) is 5.69 Å². The predicted octanol–water partition coefficient (Wildman–Crippen LogP) is 1.11. The lowest BCUT2D eigenvalue weighted by atomic mass is 10.0. The zero-order chi connectivity index (χ0) is 15.6. The fourth-order valence-corrected chi connectivity index (χ4v) is 2.44. The van der Waals surface area contributed by atoms with Gasteiger partial charge in [0.05, 0.1) is 0 Å². The van der Waals surface area contributed by atoms with Gasteiger partial charge in [0.15, 0.2) is 5.82 Å². The van der Waals surface area contributed by atoms with Gasteiger partial charge in [-0.3, -0.25) is 14.8 Å². The summed E-state index contributed by atoms with van der Waals surface area (Å²) in [7, 11) is 1.82. The Bertz CT molecular complexity index is 518. The van der Waals surface area contributed by atoms with E-state index in [9.17, 15) is 9.59 Å². The van der Waals surface area contributed by atoms with Gasteiger partial charge < -0.3 is 10.2 Å². The Balaban J connectivity index is 2.09. The summed E-state index contributed by atoms with van der Waals surface area (Å²) in [6, 6.07) is 1.12. The number of amides is 3. The van der Waals surface area contributed by atoms with Crippen molar-refractivity contribution < 1.29 is 9.59 Å². The molecular weight excluding hydrogens is 270 g/mol. The van der Waals surface area contributed by atoms with E-state index in [2.05, 4.69) is 15.7 Å². The van der Waals surface area contributed by atoms with Crippen LogP contribution >= 0.6 is 0 Å². The molecule has 1 saturated heterocycles. The highest BCUT2D eigenvalue weighted by atomic mass is 16.2. The van der Waals surface area contributed by atoms with Crippen LogP contribution in [0.5, 0.6) is 0 Å². The molecule has 7 heteroatoms. The van der Waals surface area contributed by atoms with Crippen LogP contribution in [0.25, 0.3) is 0 Å². The molecule has 21 heavy (non-hydrogen) atoms. The largest absolute Gasteiger partial charge is 0.353 e. The highest BCUT2D eigenvalue weighted by molar-refractivity contribution is 5.94. The maximum Gasteiger partial charge on any atom is 0.323 e. The summed E-state index contributed by atoms with van der Waals surface area (Å²) in [5.74, 6) is 0.767. The summed E-state index contributed by atoms with van der Waals surface area (Å²) in [6.07, 6.45) is 0.653. The zero-order valence-electron chi connectivity index (χ0n) is 13.0. The molecule has 116 valence electrons. The summed E-state index contributed by atoms with van der Waals surface area (Å²) in [5, 5.41) is 9.80. The third-order valence-electron chi connectivity index (χ3n) is 3.64. The number of carbonyl (C=O) groups is 2. The second-order valence-corrected chi connectivity index (χ2v) is 5.85. The molecule has 0 bridgehead atoms. The van der Waals surface area contributed by atoms with Crippen LogP contribution in [-0.2, 0) is 11.8 Å².